The van der Waals surface area contributed by atoms with Crippen molar-refractivity contribution in [1.29, 1.82) is 0 Å². The van der Waals surface area contributed by atoms with Crippen molar-refractivity contribution >= 4 is 11.4 Å². The minimum Gasteiger partial charge on any atom is -0.340 e. The van der Waals surface area contributed by atoms with Gasteiger partial charge in [0.1, 0.15) is 0 Å². The maximum Gasteiger partial charge on any atom is 0.223 e. The van der Waals surface area contributed by atoms with E-state index in [4.69, 9.17) is 5.10 Å². The minimum absolute atomic E-state index is 0.288. The molecule has 1 aliphatic rings. The molecule has 1 fully saturated rings. The van der Waals surface area contributed by atoms with Gasteiger partial charge >= 0.3 is 0 Å². The quantitative estimate of drug-likeness (QED) is 0.659. The van der Waals surface area contributed by atoms with Crippen LogP contribution in [0.5, 0.6) is 0 Å². The molecule has 140 valence electrons. The van der Waals surface area contributed by atoms with Crippen LogP contribution in [0.1, 0.15) is 44.6 Å². The van der Waals surface area contributed by atoms with Crippen molar-refractivity contribution in [2.24, 2.45) is 0 Å². The molecule has 1 amide bonds. The predicted molar refractivity (Wildman–Crippen MR) is 109 cm³/mol. The summed E-state index contributed by atoms with van der Waals surface area (Å²) in [6.45, 7) is 3.10. The summed E-state index contributed by atoms with van der Waals surface area (Å²) < 4.78 is 1.93. The third-order valence-electron chi connectivity index (χ3n) is 5.70. The summed E-state index contributed by atoms with van der Waals surface area (Å²) in [5, 5.41) is 4.80. The lowest BCUT2D eigenvalue weighted by molar-refractivity contribution is -0.134. The maximum absolute atomic E-state index is 12.9. The standard InChI is InChI=1S/C23H27N3O/c1-2-19-12-6-8-16-25(19)22(27)15-14-20-21-13-7-9-17-26(21)24-23(20)18-10-4-3-5-11-18/h3-5,7,9-11,13,17,19H,2,6,8,12,14-16H2,1H3. The second-order valence-corrected chi connectivity index (χ2v) is 7.37. The molecule has 0 N–H and O–H groups in total. The number of aromatic nitrogens is 2. The van der Waals surface area contributed by atoms with Crippen LogP contribution in [0.3, 0.4) is 0 Å². The first kappa shape index (κ1) is 17.8. The number of carbonyl (C=O) groups is 1. The Bertz CT molecular complexity index is 916. The molecule has 1 unspecified atom stereocenters. The first-order chi connectivity index (χ1) is 13.3. The number of fused-ring (bicyclic) bond motifs is 1. The van der Waals surface area contributed by atoms with Gasteiger partial charge in [-0.3, -0.25) is 4.79 Å². The number of aryl methyl sites for hydroxylation is 1. The van der Waals surface area contributed by atoms with Crippen LogP contribution in [0.4, 0.5) is 0 Å². The molecule has 3 aromatic rings. The van der Waals surface area contributed by atoms with E-state index < -0.39 is 0 Å². The maximum atomic E-state index is 12.9. The predicted octanol–water partition coefficient (Wildman–Crippen LogP) is 4.73. The van der Waals surface area contributed by atoms with Crippen molar-refractivity contribution in [3.8, 4) is 11.3 Å². The van der Waals surface area contributed by atoms with E-state index in [0.29, 0.717) is 12.5 Å². The number of likely N-dealkylation sites (tertiary alicyclic amines) is 1. The van der Waals surface area contributed by atoms with E-state index in [2.05, 4.69) is 30.0 Å². The summed E-state index contributed by atoms with van der Waals surface area (Å²) in [4.78, 5) is 15.1. The number of rotatable bonds is 5. The largest absolute Gasteiger partial charge is 0.340 e. The Morgan fingerprint density at radius 1 is 1.11 bits per heavy atom. The van der Waals surface area contributed by atoms with Crippen LogP contribution in [-0.2, 0) is 11.2 Å². The first-order valence-electron chi connectivity index (χ1n) is 10.1. The molecule has 4 nitrogen and oxygen atoms in total. The fourth-order valence-electron chi connectivity index (χ4n) is 4.25. The van der Waals surface area contributed by atoms with Crippen LogP contribution in [0.25, 0.3) is 16.8 Å². The minimum atomic E-state index is 0.288. The average molecular weight is 361 g/mol. The highest BCUT2D eigenvalue weighted by atomic mass is 16.2. The van der Waals surface area contributed by atoms with Crippen LogP contribution in [0.2, 0.25) is 0 Å². The highest BCUT2D eigenvalue weighted by molar-refractivity contribution is 5.79. The SMILES string of the molecule is CCC1CCCCN1C(=O)CCc1c(-c2ccccc2)nn2ccccc12. The molecular weight excluding hydrogens is 334 g/mol. The van der Waals surface area contributed by atoms with Gasteiger partial charge in [-0.25, -0.2) is 4.52 Å². The zero-order valence-electron chi connectivity index (χ0n) is 16.0. The van der Waals surface area contributed by atoms with Crippen molar-refractivity contribution in [1.82, 2.24) is 14.5 Å². The molecule has 1 saturated heterocycles. The van der Waals surface area contributed by atoms with E-state index in [1.54, 1.807) is 0 Å². The third kappa shape index (κ3) is 3.61. The van der Waals surface area contributed by atoms with Crippen molar-refractivity contribution < 1.29 is 4.79 Å². The van der Waals surface area contributed by atoms with Gasteiger partial charge in [0.15, 0.2) is 0 Å². The Kier molecular flexibility index (Phi) is 5.23. The first-order valence-corrected chi connectivity index (χ1v) is 10.1. The van der Waals surface area contributed by atoms with E-state index in [0.717, 1.165) is 49.0 Å². The van der Waals surface area contributed by atoms with Crippen LogP contribution in [0.15, 0.2) is 54.7 Å². The molecule has 4 heteroatoms. The molecular formula is C23H27N3O. The van der Waals surface area contributed by atoms with Crippen LogP contribution in [0, 0.1) is 0 Å². The molecule has 4 rings (SSSR count). The number of amides is 1. The third-order valence-corrected chi connectivity index (χ3v) is 5.70. The smallest absolute Gasteiger partial charge is 0.223 e. The number of nitrogens with zero attached hydrogens (tertiary/aromatic N) is 3. The van der Waals surface area contributed by atoms with Crippen LogP contribution in [-0.4, -0.2) is 33.0 Å². The van der Waals surface area contributed by atoms with Crippen LogP contribution >= 0.6 is 0 Å². The Balaban J connectivity index is 1.60. The number of hydrogen-bond donors (Lipinski definition) is 0. The van der Waals surface area contributed by atoms with Gasteiger partial charge in [0.05, 0.1) is 11.2 Å². The van der Waals surface area contributed by atoms with Crippen molar-refractivity contribution in [3.63, 3.8) is 0 Å². The second-order valence-electron chi connectivity index (χ2n) is 7.37. The molecule has 0 aliphatic carbocycles. The monoisotopic (exact) mass is 361 g/mol. The summed E-state index contributed by atoms with van der Waals surface area (Å²) >= 11 is 0. The fraction of sp³-hybridized carbons (Fsp3) is 0.391. The number of benzene rings is 1. The van der Waals surface area contributed by atoms with E-state index in [1.165, 1.54) is 12.0 Å². The molecule has 1 atom stereocenters. The van der Waals surface area contributed by atoms with E-state index in [-0.39, 0.29) is 5.91 Å². The van der Waals surface area contributed by atoms with Gasteiger partial charge < -0.3 is 4.90 Å². The summed E-state index contributed by atoms with van der Waals surface area (Å²) in [6.07, 6.45) is 7.83. The molecule has 1 aromatic carbocycles. The number of carbonyl (C=O) groups excluding carboxylic acids is 1. The lowest BCUT2D eigenvalue weighted by Crippen LogP contribution is -2.43. The zero-order valence-corrected chi connectivity index (χ0v) is 16.0. The molecule has 1 aliphatic heterocycles. The molecule has 0 saturated carbocycles. The topological polar surface area (TPSA) is 37.6 Å². The van der Waals surface area contributed by atoms with Gasteiger partial charge in [-0.2, -0.15) is 5.10 Å². The van der Waals surface area contributed by atoms with Gasteiger partial charge in [-0.1, -0.05) is 43.3 Å². The number of hydrogen-bond acceptors (Lipinski definition) is 2. The van der Waals surface area contributed by atoms with E-state index in [1.807, 2.05) is 41.0 Å². The average Bonchev–Trinajstić information content (AvgIpc) is 3.11. The van der Waals surface area contributed by atoms with Gasteiger partial charge in [-0.15, -0.1) is 0 Å². The highest BCUT2D eigenvalue weighted by Crippen LogP contribution is 2.28. The fourth-order valence-corrected chi connectivity index (χ4v) is 4.25. The summed E-state index contributed by atoms with van der Waals surface area (Å²) in [7, 11) is 0. The highest BCUT2D eigenvalue weighted by Gasteiger charge is 2.25. The van der Waals surface area contributed by atoms with Crippen LogP contribution < -0.4 is 0 Å². The molecule has 0 radical (unpaired) electrons. The number of pyridine rings is 1. The zero-order chi connectivity index (χ0) is 18.6. The molecule has 27 heavy (non-hydrogen) atoms. The molecule has 0 bridgehead atoms. The Hall–Kier alpha value is -2.62. The lowest BCUT2D eigenvalue weighted by atomic mass is 9.98. The van der Waals surface area contributed by atoms with Gasteiger partial charge in [0.25, 0.3) is 0 Å². The van der Waals surface area contributed by atoms with E-state index >= 15 is 0 Å². The summed E-state index contributed by atoms with van der Waals surface area (Å²) in [5.74, 6) is 0.288. The van der Waals surface area contributed by atoms with Gasteiger partial charge in [0, 0.05) is 36.3 Å². The molecule has 2 aromatic heterocycles. The van der Waals surface area contributed by atoms with Gasteiger partial charge in [0.2, 0.25) is 5.91 Å². The van der Waals surface area contributed by atoms with Crippen molar-refractivity contribution in [3.05, 3.63) is 60.3 Å². The van der Waals surface area contributed by atoms with Crippen molar-refractivity contribution in [2.75, 3.05) is 6.54 Å². The lowest BCUT2D eigenvalue weighted by Gasteiger charge is -2.35. The number of piperidine rings is 1. The van der Waals surface area contributed by atoms with Gasteiger partial charge in [-0.05, 0) is 44.2 Å². The van der Waals surface area contributed by atoms with Crippen molar-refractivity contribution in [2.45, 2.75) is 51.5 Å². The Labute approximate surface area is 160 Å². The molecule has 0 spiro atoms. The Morgan fingerprint density at radius 2 is 1.93 bits per heavy atom. The Morgan fingerprint density at radius 3 is 2.74 bits per heavy atom. The second kappa shape index (κ2) is 7.95. The summed E-state index contributed by atoms with van der Waals surface area (Å²) in [6, 6.07) is 16.8. The van der Waals surface area contributed by atoms with E-state index in [9.17, 15) is 4.79 Å². The normalized spacial score (nSPS) is 17.4. The molecule has 3 heterocycles. The summed E-state index contributed by atoms with van der Waals surface area (Å²) in [5.41, 5.74) is 4.35.